The van der Waals surface area contributed by atoms with Gasteiger partial charge in [-0.25, -0.2) is 0 Å². The summed E-state index contributed by atoms with van der Waals surface area (Å²) in [6.07, 6.45) is 0. The second kappa shape index (κ2) is 10.7. The summed E-state index contributed by atoms with van der Waals surface area (Å²) < 4.78 is 27.0. The highest BCUT2D eigenvalue weighted by Gasteiger charge is 2.43. The minimum atomic E-state index is -0.790. The molecule has 0 saturated heterocycles. The molecule has 0 unspecified atom stereocenters. The molecule has 194 valence electrons. The summed E-state index contributed by atoms with van der Waals surface area (Å²) >= 11 is 0. The number of carbonyl (C=O) groups is 2. The first-order chi connectivity index (χ1) is 17.9. The van der Waals surface area contributed by atoms with Gasteiger partial charge in [-0.1, -0.05) is 12.1 Å². The molecule has 0 aliphatic carbocycles. The Morgan fingerprint density at radius 1 is 0.757 bits per heavy atom. The molecule has 2 atom stereocenters. The fourth-order valence-electron chi connectivity index (χ4n) is 4.67. The fraction of sp³-hybridized carbons (Fsp3) is 0.286. The molecule has 0 bridgehead atoms. The summed E-state index contributed by atoms with van der Waals surface area (Å²) in [5.74, 6) is 1.17. The number of nitrogens with zero attached hydrogens (tertiary/aromatic N) is 1. The van der Waals surface area contributed by atoms with Crippen molar-refractivity contribution in [2.24, 2.45) is 0 Å². The Hall–Kier alpha value is -4.40. The van der Waals surface area contributed by atoms with E-state index in [2.05, 4.69) is 5.32 Å². The molecule has 0 saturated carbocycles. The lowest BCUT2D eigenvalue weighted by Crippen LogP contribution is -2.44. The SMILES string of the molecule is COc1ccc([C@@H]2[C@H](C(=O)Nc3cc(OC)ccc3OC)c3cc(OC)c(OC)cc3C(=O)N2C)cc1. The van der Waals surface area contributed by atoms with Crippen LogP contribution in [0.3, 0.4) is 0 Å². The molecule has 9 heteroatoms. The molecule has 2 amide bonds. The van der Waals surface area contributed by atoms with Gasteiger partial charge in [0.25, 0.3) is 5.91 Å². The highest BCUT2D eigenvalue weighted by molar-refractivity contribution is 6.05. The molecule has 4 rings (SSSR count). The molecule has 3 aromatic rings. The lowest BCUT2D eigenvalue weighted by molar-refractivity contribution is -0.119. The van der Waals surface area contributed by atoms with Gasteiger partial charge < -0.3 is 33.9 Å². The van der Waals surface area contributed by atoms with Gasteiger partial charge in [-0.2, -0.15) is 0 Å². The second-order valence-corrected chi connectivity index (χ2v) is 8.46. The quantitative estimate of drug-likeness (QED) is 0.487. The highest BCUT2D eigenvalue weighted by atomic mass is 16.5. The van der Waals surface area contributed by atoms with E-state index in [-0.39, 0.29) is 11.8 Å². The third kappa shape index (κ3) is 4.72. The molecule has 1 N–H and O–H groups in total. The molecular formula is C28H30N2O7. The number of hydrogen-bond donors (Lipinski definition) is 1. The monoisotopic (exact) mass is 506 g/mol. The summed E-state index contributed by atoms with van der Waals surface area (Å²) in [7, 11) is 9.35. The Labute approximate surface area is 215 Å². The van der Waals surface area contributed by atoms with Crippen LogP contribution in [0.1, 0.15) is 33.4 Å². The molecule has 1 aliphatic rings. The average molecular weight is 507 g/mol. The van der Waals surface area contributed by atoms with E-state index in [1.165, 1.54) is 21.3 Å². The Balaban J connectivity index is 1.88. The number of carbonyl (C=O) groups excluding carboxylic acids is 2. The lowest BCUT2D eigenvalue weighted by Gasteiger charge is -2.40. The Morgan fingerprint density at radius 2 is 1.35 bits per heavy atom. The van der Waals surface area contributed by atoms with Gasteiger partial charge in [-0.15, -0.1) is 0 Å². The molecular weight excluding hydrogens is 476 g/mol. The van der Waals surface area contributed by atoms with Crippen LogP contribution in [0.5, 0.6) is 28.7 Å². The zero-order valence-electron chi connectivity index (χ0n) is 21.7. The van der Waals surface area contributed by atoms with Crippen LogP contribution in [0.4, 0.5) is 5.69 Å². The van der Waals surface area contributed by atoms with Crippen molar-refractivity contribution in [3.05, 3.63) is 71.3 Å². The second-order valence-electron chi connectivity index (χ2n) is 8.46. The molecule has 0 spiro atoms. The number of amides is 2. The minimum absolute atomic E-state index is 0.236. The number of benzene rings is 3. The molecule has 0 fully saturated rings. The van der Waals surface area contributed by atoms with Crippen molar-refractivity contribution in [1.29, 1.82) is 0 Å². The van der Waals surface area contributed by atoms with E-state index in [1.807, 2.05) is 12.1 Å². The molecule has 0 radical (unpaired) electrons. The van der Waals surface area contributed by atoms with Gasteiger partial charge in [0.1, 0.15) is 17.2 Å². The topological polar surface area (TPSA) is 95.6 Å². The van der Waals surface area contributed by atoms with Crippen LogP contribution < -0.4 is 29.0 Å². The minimum Gasteiger partial charge on any atom is -0.497 e. The smallest absolute Gasteiger partial charge is 0.254 e. The Kier molecular flexibility index (Phi) is 7.42. The predicted molar refractivity (Wildman–Crippen MR) is 138 cm³/mol. The summed E-state index contributed by atoms with van der Waals surface area (Å²) in [6, 6.07) is 15.2. The molecule has 1 heterocycles. The maximum atomic E-state index is 14.1. The maximum Gasteiger partial charge on any atom is 0.254 e. The highest BCUT2D eigenvalue weighted by Crippen LogP contribution is 2.46. The number of ether oxygens (including phenoxy) is 5. The fourth-order valence-corrected chi connectivity index (χ4v) is 4.67. The van der Waals surface area contributed by atoms with Crippen LogP contribution in [0.15, 0.2) is 54.6 Å². The van der Waals surface area contributed by atoms with Gasteiger partial charge in [0.05, 0.1) is 53.2 Å². The van der Waals surface area contributed by atoms with E-state index in [4.69, 9.17) is 23.7 Å². The van der Waals surface area contributed by atoms with Gasteiger partial charge in [-0.05, 0) is 47.5 Å². The average Bonchev–Trinajstić information content (AvgIpc) is 2.93. The van der Waals surface area contributed by atoms with Gasteiger partial charge >= 0.3 is 0 Å². The third-order valence-electron chi connectivity index (χ3n) is 6.58. The summed E-state index contributed by atoms with van der Waals surface area (Å²) in [5.41, 5.74) is 2.11. The molecule has 9 nitrogen and oxygen atoms in total. The van der Waals surface area contributed by atoms with E-state index in [0.717, 1.165) is 5.56 Å². The van der Waals surface area contributed by atoms with Gasteiger partial charge in [0.15, 0.2) is 11.5 Å². The molecule has 37 heavy (non-hydrogen) atoms. The van der Waals surface area contributed by atoms with E-state index in [1.54, 1.807) is 68.6 Å². The molecule has 1 aliphatic heterocycles. The van der Waals surface area contributed by atoms with Crippen molar-refractivity contribution in [2.45, 2.75) is 12.0 Å². The van der Waals surface area contributed by atoms with Crippen molar-refractivity contribution in [3.63, 3.8) is 0 Å². The summed E-state index contributed by atoms with van der Waals surface area (Å²) in [6.45, 7) is 0. The van der Waals surface area contributed by atoms with E-state index < -0.39 is 12.0 Å². The van der Waals surface area contributed by atoms with Crippen LogP contribution in [0.25, 0.3) is 0 Å². The Morgan fingerprint density at radius 3 is 1.95 bits per heavy atom. The first-order valence-corrected chi connectivity index (χ1v) is 11.6. The summed E-state index contributed by atoms with van der Waals surface area (Å²) in [4.78, 5) is 29.2. The number of nitrogens with one attached hydrogen (secondary N) is 1. The van der Waals surface area contributed by atoms with Crippen LogP contribution in [-0.4, -0.2) is 59.3 Å². The van der Waals surface area contributed by atoms with Crippen molar-refractivity contribution in [1.82, 2.24) is 4.90 Å². The number of fused-ring (bicyclic) bond motifs is 1. The van der Waals surface area contributed by atoms with Gasteiger partial charge in [0.2, 0.25) is 5.91 Å². The van der Waals surface area contributed by atoms with Gasteiger partial charge in [-0.3, -0.25) is 9.59 Å². The number of rotatable bonds is 8. The van der Waals surface area contributed by atoms with Crippen molar-refractivity contribution < 1.29 is 33.3 Å². The number of anilines is 1. The van der Waals surface area contributed by atoms with E-state index >= 15 is 0 Å². The first-order valence-electron chi connectivity index (χ1n) is 11.6. The van der Waals surface area contributed by atoms with Crippen molar-refractivity contribution in [2.75, 3.05) is 47.9 Å². The van der Waals surface area contributed by atoms with Crippen LogP contribution in [-0.2, 0) is 4.79 Å². The molecule has 3 aromatic carbocycles. The standard InChI is InChI=1S/C28H30N2O7/c1-30-26(16-7-9-17(33-2)10-8-16)25(19-14-23(36-5)24(37-6)15-20(19)28(30)32)27(31)29-21-13-18(34-3)11-12-22(21)35-4/h7-15,25-26H,1-6H3,(H,29,31)/t25-,26-/m1/s1. The molecule has 0 aromatic heterocycles. The van der Waals surface area contributed by atoms with Crippen molar-refractivity contribution >= 4 is 17.5 Å². The summed E-state index contributed by atoms with van der Waals surface area (Å²) in [5, 5.41) is 2.99. The predicted octanol–water partition coefficient (Wildman–Crippen LogP) is 4.28. The zero-order chi connectivity index (χ0) is 26.7. The van der Waals surface area contributed by atoms with E-state index in [0.29, 0.717) is 45.6 Å². The van der Waals surface area contributed by atoms with Crippen LogP contribution in [0.2, 0.25) is 0 Å². The van der Waals surface area contributed by atoms with E-state index in [9.17, 15) is 9.59 Å². The normalized spacial score (nSPS) is 16.5. The largest absolute Gasteiger partial charge is 0.497 e. The Bertz CT molecular complexity index is 1310. The van der Waals surface area contributed by atoms with Crippen LogP contribution >= 0.6 is 0 Å². The third-order valence-corrected chi connectivity index (χ3v) is 6.58. The van der Waals surface area contributed by atoms with Crippen LogP contribution in [0, 0.1) is 0 Å². The number of methoxy groups -OCH3 is 5. The number of likely N-dealkylation sites (N-methyl/N-ethyl adjacent to an activating group) is 1. The lowest BCUT2D eigenvalue weighted by atomic mass is 9.79. The first kappa shape index (κ1) is 25.7. The maximum absolute atomic E-state index is 14.1. The number of hydrogen-bond acceptors (Lipinski definition) is 7. The van der Waals surface area contributed by atoms with Gasteiger partial charge in [0, 0.05) is 18.7 Å². The zero-order valence-corrected chi connectivity index (χ0v) is 21.7. The van der Waals surface area contributed by atoms with Crippen molar-refractivity contribution in [3.8, 4) is 28.7 Å².